The second kappa shape index (κ2) is 34.7. The highest BCUT2D eigenvalue weighted by Crippen LogP contribution is 2.41. The van der Waals surface area contributed by atoms with Gasteiger partial charge in [-0.25, -0.2) is 0 Å². The zero-order chi connectivity index (χ0) is 62.2. The number of unbranched alkanes of at least 4 members (excludes halogenated alkanes) is 8. The molecule has 86 heavy (non-hydrogen) atoms. The van der Waals surface area contributed by atoms with E-state index in [1.54, 1.807) is 32.9 Å². The molecule has 0 radical (unpaired) electrons. The highest BCUT2D eigenvalue weighted by molar-refractivity contribution is 8.04. The third kappa shape index (κ3) is 19.9. The number of hydrogen-bond donors (Lipinski definition) is 2. The normalized spacial score (nSPS) is 12.2. The third-order valence-corrected chi connectivity index (χ3v) is 18.1. The van der Waals surface area contributed by atoms with Gasteiger partial charge < -0.3 is 31.1 Å². The topological polar surface area (TPSA) is 279 Å². The van der Waals surface area contributed by atoms with E-state index in [0.717, 1.165) is 175 Å². The number of hydrogen-bond acceptors (Lipinski definition) is 26. The van der Waals surface area contributed by atoms with Gasteiger partial charge in [0.15, 0.2) is 31.7 Å². The Bertz CT molecular complexity index is 2720. The van der Waals surface area contributed by atoms with E-state index in [1.807, 2.05) is 0 Å². The molecule has 0 fully saturated rings. The van der Waals surface area contributed by atoms with Crippen molar-refractivity contribution < 1.29 is 0 Å². The van der Waals surface area contributed by atoms with E-state index in [9.17, 15) is 0 Å². The van der Waals surface area contributed by atoms with E-state index in [-0.39, 0.29) is 11.6 Å². The molecule has 0 saturated carbocycles. The summed E-state index contributed by atoms with van der Waals surface area (Å²) in [5, 5.41) is 47.0. The molecule has 6 aromatic heterocycles. The number of thioether (sulfide) groups is 2. The highest BCUT2D eigenvalue weighted by Gasteiger charge is 2.31. The lowest BCUT2D eigenvalue weighted by molar-refractivity contribution is 0.558. The molecule has 0 bridgehead atoms. The number of nitrogens with zero attached hydrogens (tertiary/aromatic N) is 22. The first-order chi connectivity index (χ1) is 41.4. The van der Waals surface area contributed by atoms with Crippen molar-refractivity contribution in [3.05, 3.63) is 11.4 Å². The average Bonchev–Trinajstić information content (AvgIpc) is 1.98. The van der Waals surface area contributed by atoms with Crippen molar-refractivity contribution in [1.82, 2.24) is 69.9 Å². The summed E-state index contributed by atoms with van der Waals surface area (Å²) in [6.07, 6.45) is 16.7. The SMILES string of the molecule is CCCCN(CCCC)c1nc(N(CCCC)CCCC)nc(-n2nc(C(C)(C)C)c(N=Nc3nnc(SCCSc4nnc(N=Nc5c(C(C)(C)C)nn(-c6nc(N(CCCC)CCCC)nc(N(CCCC)CCCC)n6)c5N)s4)s3)c2N)n1. The van der Waals surface area contributed by atoms with E-state index >= 15 is 0 Å². The minimum atomic E-state index is -0.444. The number of rotatable bonds is 39. The summed E-state index contributed by atoms with van der Waals surface area (Å²) in [4.78, 5) is 39.7. The molecule has 0 aliphatic rings. The standard InChI is InChI=1S/C58H98N24S4/c1-15-23-31-77(32-24-16-2)47-61-48(78(33-25-17-3)34-26-18-4)64-51(63-47)81-45(59)41(43(75-81)57(9,10)11)67-69-53-71-73-55(85-53)83-39-40-84-56-74-72-54(86-56)70-68-42-44(58(12,13)14)76-82(46(42)60)52-65-49(79(35-27-19-5)36-28-20-6)62-50(66-52)80(37-29-21-7)38-30-22-8/h15-40,59-60H2,1-14H3. The van der Waals surface area contributed by atoms with Crippen molar-refractivity contribution >= 4 is 103 Å². The Balaban J connectivity index is 1.18. The molecule has 0 aromatic carbocycles. The van der Waals surface area contributed by atoms with Crippen LogP contribution in [-0.2, 0) is 10.8 Å². The van der Waals surface area contributed by atoms with E-state index in [0.29, 0.717) is 68.7 Å². The predicted molar refractivity (Wildman–Crippen MR) is 358 cm³/mol. The molecule has 6 heterocycles. The fourth-order valence-electron chi connectivity index (χ4n) is 8.89. The second-order valence-electron chi connectivity index (χ2n) is 23.5. The fraction of sp³-hybridized carbons (Fsp3) is 0.724. The molecule has 474 valence electrons. The van der Waals surface area contributed by atoms with Gasteiger partial charge in [0.25, 0.3) is 22.2 Å². The van der Waals surface area contributed by atoms with Gasteiger partial charge in [-0.1, -0.05) is 194 Å². The number of anilines is 6. The summed E-state index contributed by atoms with van der Waals surface area (Å²) < 4.78 is 4.73. The molecular weight excluding hydrogens is 1160 g/mol. The molecular formula is C58H98N24S4. The Kier molecular flexibility index (Phi) is 28.0. The van der Waals surface area contributed by atoms with Crippen LogP contribution in [0.15, 0.2) is 29.1 Å². The van der Waals surface area contributed by atoms with Crippen LogP contribution in [0.1, 0.15) is 211 Å². The number of nitrogen functional groups attached to an aromatic ring is 2. The summed E-state index contributed by atoms with van der Waals surface area (Å²) >= 11 is 5.88. The molecule has 24 nitrogen and oxygen atoms in total. The lowest BCUT2D eigenvalue weighted by Gasteiger charge is -2.26. The van der Waals surface area contributed by atoms with Crippen molar-refractivity contribution in [2.45, 2.75) is 219 Å². The van der Waals surface area contributed by atoms with E-state index in [1.165, 1.54) is 22.7 Å². The van der Waals surface area contributed by atoms with E-state index in [4.69, 9.17) is 61.8 Å². The van der Waals surface area contributed by atoms with Crippen molar-refractivity contribution in [3.63, 3.8) is 0 Å². The molecule has 6 rings (SSSR count). The maximum Gasteiger partial charge on any atom is 0.259 e. The van der Waals surface area contributed by atoms with Crippen molar-refractivity contribution in [3.8, 4) is 11.9 Å². The van der Waals surface area contributed by atoms with Crippen LogP contribution in [0, 0.1) is 0 Å². The monoisotopic (exact) mass is 1260 g/mol. The zero-order valence-electron chi connectivity index (χ0n) is 54.0. The van der Waals surface area contributed by atoms with Gasteiger partial charge in [0, 0.05) is 74.7 Å². The maximum atomic E-state index is 7.01. The minimum Gasteiger partial charge on any atom is -0.382 e. The molecule has 0 unspecified atom stereocenters. The number of nitrogens with two attached hydrogens (primary N) is 2. The first kappa shape index (κ1) is 69.4. The molecule has 0 atom stereocenters. The minimum absolute atomic E-state index is 0.286. The van der Waals surface area contributed by atoms with Crippen LogP contribution < -0.4 is 31.1 Å². The summed E-state index contributed by atoms with van der Waals surface area (Å²) in [5.74, 6) is 5.28. The van der Waals surface area contributed by atoms with E-state index in [2.05, 4.69) is 147 Å². The van der Waals surface area contributed by atoms with Crippen LogP contribution in [-0.4, -0.2) is 134 Å². The Labute approximate surface area is 528 Å². The molecule has 0 amide bonds. The molecule has 4 N–H and O–H groups in total. The molecule has 6 aromatic rings. The Morgan fingerprint density at radius 1 is 0.395 bits per heavy atom. The van der Waals surface area contributed by atoms with Gasteiger partial charge in [-0.05, 0) is 51.4 Å². The van der Waals surface area contributed by atoms with Gasteiger partial charge in [0.2, 0.25) is 23.8 Å². The van der Waals surface area contributed by atoms with Crippen molar-refractivity contribution in [1.29, 1.82) is 0 Å². The second-order valence-corrected chi connectivity index (χ2v) is 28.1. The Morgan fingerprint density at radius 2 is 0.663 bits per heavy atom. The largest absolute Gasteiger partial charge is 0.382 e. The van der Waals surface area contributed by atoms with Crippen LogP contribution in [0.2, 0.25) is 0 Å². The Morgan fingerprint density at radius 3 is 0.907 bits per heavy atom. The van der Waals surface area contributed by atoms with Crippen LogP contribution in [0.3, 0.4) is 0 Å². The van der Waals surface area contributed by atoms with Crippen LogP contribution in [0.5, 0.6) is 0 Å². The van der Waals surface area contributed by atoms with E-state index < -0.39 is 10.8 Å². The number of azo groups is 2. The van der Waals surface area contributed by atoms with Gasteiger partial charge in [-0.3, -0.25) is 0 Å². The summed E-state index contributed by atoms with van der Waals surface area (Å²) in [6.45, 7) is 36.9. The van der Waals surface area contributed by atoms with Gasteiger partial charge >= 0.3 is 0 Å². The van der Waals surface area contributed by atoms with Gasteiger partial charge in [-0.2, -0.15) is 49.5 Å². The third-order valence-electron chi connectivity index (χ3n) is 14.0. The predicted octanol–water partition coefficient (Wildman–Crippen LogP) is 15.2. The van der Waals surface area contributed by atoms with Crippen molar-refractivity contribution in [2.75, 3.05) is 94.9 Å². The first-order valence-electron chi connectivity index (χ1n) is 31.5. The molecule has 28 heteroatoms. The summed E-state index contributed by atoms with van der Waals surface area (Å²) in [7, 11) is 0. The lowest BCUT2D eigenvalue weighted by Crippen LogP contribution is -2.32. The van der Waals surface area contributed by atoms with Crippen LogP contribution >= 0.6 is 46.2 Å². The van der Waals surface area contributed by atoms with Gasteiger partial charge in [-0.15, -0.1) is 40.9 Å². The van der Waals surface area contributed by atoms with Crippen LogP contribution in [0.25, 0.3) is 11.9 Å². The molecule has 0 aliphatic carbocycles. The summed E-state index contributed by atoms with van der Waals surface area (Å²) in [6, 6.07) is 0. The average molecular weight is 1260 g/mol. The van der Waals surface area contributed by atoms with Crippen LogP contribution in [0.4, 0.5) is 57.1 Å². The maximum absolute atomic E-state index is 7.01. The molecule has 0 saturated heterocycles. The molecule has 0 spiro atoms. The smallest absolute Gasteiger partial charge is 0.259 e. The Hall–Kier alpha value is -5.74. The lowest BCUT2D eigenvalue weighted by atomic mass is 9.91. The first-order valence-corrected chi connectivity index (χ1v) is 35.1. The molecule has 0 aliphatic heterocycles. The highest BCUT2D eigenvalue weighted by atomic mass is 32.2. The zero-order valence-corrected chi connectivity index (χ0v) is 57.3. The number of aromatic nitrogens is 14. The fourth-order valence-corrected chi connectivity index (χ4v) is 12.3. The van der Waals surface area contributed by atoms with Gasteiger partial charge in [0.05, 0.1) is 11.4 Å². The quantitative estimate of drug-likeness (QED) is 0.0206. The summed E-state index contributed by atoms with van der Waals surface area (Å²) in [5.41, 5.74) is 15.3. The van der Waals surface area contributed by atoms with Gasteiger partial charge in [0.1, 0.15) is 0 Å². The van der Waals surface area contributed by atoms with Crippen molar-refractivity contribution in [2.24, 2.45) is 20.5 Å².